The lowest BCUT2D eigenvalue weighted by molar-refractivity contribution is -0.136. The quantitative estimate of drug-likeness (QED) is 0.899. The number of carboxylic acid groups (broad SMARTS) is 1. The maximum absolute atomic E-state index is 12.7. The van der Waals surface area contributed by atoms with Crippen molar-refractivity contribution < 1.29 is 19.1 Å². The SMILES string of the molecule is Cc1cc2cc(C(=O)N3CC[C@](C)(NCC(=O)O)C3)oc2cc1C. The Balaban J connectivity index is 1.76. The van der Waals surface area contributed by atoms with Gasteiger partial charge in [-0.15, -0.1) is 0 Å². The Morgan fingerprint density at radius 1 is 1.29 bits per heavy atom. The lowest BCUT2D eigenvalue weighted by Gasteiger charge is -2.25. The maximum atomic E-state index is 12.7. The minimum absolute atomic E-state index is 0.109. The van der Waals surface area contributed by atoms with Crippen molar-refractivity contribution in [1.82, 2.24) is 10.2 Å². The number of nitrogens with one attached hydrogen (secondary N) is 1. The van der Waals surface area contributed by atoms with Crippen LogP contribution >= 0.6 is 0 Å². The number of aryl methyl sites for hydroxylation is 2. The van der Waals surface area contributed by atoms with Crippen LogP contribution in [0.2, 0.25) is 0 Å². The van der Waals surface area contributed by atoms with E-state index >= 15 is 0 Å². The molecule has 2 N–H and O–H groups in total. The monoisotopic (exact) mass is 330 g/mol. The normalized spacial score (nSPS) is 20.7. The molecular weight excluding hydrogens is 308 g/mol. The zero-order chi connectivity index (χ0) is 17.5. The topological polar surface area (TPSA) is 82.8 Å². The van der Waals surface area contributed by atoms with Crippen LogP contribution in [0.1, 0.15) is 35.0 Å². The number of carbonyl (C=O) groups is 2. The van der Waals surface area contributed by atoms with E-state index in [9.17, 15) is 9.59 Å². The molecule has 1 fully saturated rings. The molecule has 6 nitrogen and oxygen atoms in total. The van der Waals surface area contributed by atoms with Crippen molar-refractivity contribution in [3.63, 3.8) is 0 Å². The predicted octanol–water partition coefficient (Wildman–Crippen LogP) is 2.33. The average Bonchev–Trinajstić information content (AvgIpc) is 3.10. The average molecular weight is 330 g/mol. The fourth-order valence-electron chi connectivity index (χ4n) is 3.13. The Morgan fingerprint density at radius 3 is 2.71 bits per heavy atom. The van der Waals surface area contributed by atoms with E-state index in [0.29, 0.717) is 30.9 Å². The number of rotatable bonds is 4. The molecule has 1 amide bonds. The molecule has 0 saturated carbocycles. The van der Waals surface area contributed by atoms with Crippen molar-refractivity contribution in [1.29, 1.82) is 0 Å². The molecule has 2 aromatic rings. The predicted molar refractivity (Wildman–Crippen MR) is 90.3 cm³/mol. The lowest BCUT2D eigenvalue weighted by atomic mass is 10.0. The van der Waals surface area contributed by atoms with Crippen molar-refractivity contribution in [2.45, 2.75) is 32.7 Å². The molecule has 3 rings (SSSR count). The molecule has 24 heavy (non-hydrogen) atoms. The van der Waals surface area contributed by atoms with Crippen LogP contribution in [-0.4, -0.2) is 47.1 Å². The van der Waals surface area contributed by atoms with E-state index in [2.05, 4.69) is 5.32 Å². The minimum Gasteiger partial charge on any atom is -0.480 e. The number of furan rings is 1. The number of amides is 1. The summed E-state index contributed by atoms with van der Waals surface area (Å²) in [6.45, 7) is 6.92. The first-order chi connectivity index (χ1) is 11.3. The molecular formula is C18H22N2O4. The zero-order valence-corrected chi connectivity index (χ0v) is 14.2. The second-order valence-electron chi connectivity index (χ2n) is 6.87. The van der Waals surface area contributed by atoms with Gasteiger partial charge in [0.15, 0.2) is 5.76 Å². The largest absolute Gasteiger partial charge is 0.480 e. The van der Waals surface area contributed by atoms with Crippen molar-refractivity contribution in [3.05, 3.63) is 35.1 Å². The summed E-state index contributed by atoms with van der Waals surface area (Å²) in [5.74, 6) is -0.719. The van der Waals surface area contributed by atoms with Crippen LogP contribution in [0.3, 0.4) is 0 Å². The number of carbonyl (C=O) groups excluding carboxylic acids is 1. The van der Waals surface area contributed by atoms with E-state index in [1.54, 1.807) is 11.0 Å². The molecule has 128 valence electrons. The number of likely N-dealkylation sites (tertiary alicyclic amines) is 1. The first kappa shape index (κ1) is 16.5. The summed E-state index contributed by atoms with van der Waals surface area (Å²) in [4.78, 5) is 25.1. The van der Waals surface area contributed by atoms with Crippen LogP contribution in [0.4, 0.5) is 0 Å². The minimum atomic E-state index is -0.899. The number of carboxylic acids is 1. The number of fused-ring (bicyclic) bond motifs is 1. The molecule has 1 saturated heterocycles. The highest BCUT2D eigenvalue weighted by Gasteiger charge is 2.37. The van der Waals surface area contributed by atoms with Gasteiger partial charge in [0.25, 0.3) is 5.91 Å². The van der Waals surface area contributed by atoms with Crippen LogP contribution in [0, 0.1) is 13.8 Å². The van der Waals surface area contributed by atoms with Crippen LogP contribution < -0.4 is 5.32 Å². The number of nitrogens with zero attached hydrogens (tertiary/aromatic N) is 1. The van der Waals surface area contributed by atoms with Gasteiger partial charge in [0.2, 0.25) is 0 Å². The molecule has 6 heteroatoms. The van der Waals surface area contributed by atoms with E-state index in [1.165, 1.54) is 0 Å². The van der Waals surface area contributed by atoms with E-state index in [0.717, 1.165) is 16.5 Å². The number of aliphatic carboxylic acids is 1. The van der Waals surface area contributed by atoms with Crippen LogP contribution in [0.15, 0.2) is 22.6 Å². The van der Waals surface area contributed by atoms with Crippen molar-refractivity contribution in [3.8, 4) is 0 Å². The molecule has 1 aromatic carbocycles. The van der Waals surface area contributed by atoms with Crippen LogP contribution in [-0.2, 0) is 4.79 Å². The summed E-state index contributed by atoms with van der Waals surface area (Å²) in [6, 6.07) is 5.75. The van der Waals surface area contributed by atoms with Crippen LogP contribution in [0.25, 0.3) is 11.0 Å². The summed E-state index contributed by atoms with van der Waals surface area (Å²) in [5.41, 5.74) is 2.62. The molecule has 2 heterocycles. The standard InChI is InChI=1S/C18H22N2O4/c1-11-6-13-8-15(24-14(13)7-12(11)2)17(23)20-5-4-18(3,10-20)19-9-16(21)22/h6-8,19H,4-5,9-10H2,1-3H3,(H,21,22)/t18-/m0/s1. The van der Waals surface area contributed by atoms with E-state index in [4.69, 9.17) is 9.52 Å². The fraction of sp³-hybridized carbons (Fsp3) is 0.444. The molecule has 1 aromatic heterocycles. The molecule has 0 unspecified atom stereocenters. The van der Waals surface area contributed by atoms with Gasteiger partial charge in [-0.25, -0.2) is 0 Å². The Hall–Kier alpha value is -2.34. The van der Waals surface area contributed by atoms with Gasteiger partial charge >= 0.3 is 5.97 Å². The summed E-state index contributed by atoms with van der Waals surface area (Å²) in [7, 11) is 0. The van der Waals surface area contributed by atoms with Crippen molar-refractivity contribution in [2.24, 2.45) is 0 Å². The first-order valence-corrected chi connectivity index (χ1v) is 8.04. The van der Waals surface area contributed by atoms with Gasteiger partial charge in [-0.05, 0) is 56.5 Å². The number of benzene rings is 1. The molecule has 0 radical (unpaired) electrons. The third-order valence-electron chi connectivity index (χ3n) is 4.77. The Labute approximate surface area is 140 Å². The summed E-state index contributed by atoms with van der Waals surface area (Å²) < 4.78 is 5.74. The maximum Gasteiger partial charge on any atom is 0.317 e. The lowest BCUT2D eigenvalue weighted by Crippen LogP contribution is -2.47. The van der Waals surface area contributed by atoms with Gasteiger partial charge in [-0.2, -0.15) is 0 Å². The summed E-state index contributed by atoms with van der Waals surface area (Å²) >= 11 is 0. The zero-order valence-electron chi connectivity index (χ0n) is 14.2. The van der Waals surface area contributed by atoms with Gasteiger partial charge in [0.05, 0.1) is 6.54 Å². The van der Waals surface area contributed by atoms with Gasteiger partial charge in [0, 0.05) is 24.0 Å². The smallest absolute Gasteiger partial charge is 0.317 e. The first-order valence-electron chi connectivity index (χ1n) is 8.04. The molecule has 1 atom stereocenters. The molecule has 1 aliphatic heterocycles. The van der Waals surface area contributed by atoms with Crippen molar-refractivity contribution in [2.75, 3.05) is 19.6 Å². The molecule has 0 spiro atoms. The van der Waals surface area contributed by atoms with Gasteiger partial charge < -0.3 is 14.4 Å². The molecule has 1 aliphatic rings. The number of hydrogen-bond acceptors (Lipinski definition) is 4. The summed E-state index contributed by atoms with van der Waals surface area (Å²) in [5, 5.41) is 12.7. The highest BCUT2D eigenvalue weighted by molar-refractivity contribution is 5.96. The molecule has 0 aliphatic carbocycles. The Bertz CT molecular complexity index is 772. The Kier molecular flexibility index (Phi) is 4.09. The number of hydrogen-bond donors (Lipinski definition) is 2. The van der Waals surface area contributed by atoms with Gasteiger partial charge in [-0.1, -0.05) is 0 Å². The summed E-state index contributed by atoms with van der Waals surface area (Å²) in [6.07, 6.45) is 0.713. The fourth-order valence-corrected chi connectivity index (χ4v) is 3.13. The second kappa shape index (κ2) is 5.94. The third kappa shape index (κ3) is 3.14. The molecule has 0 bridgehead atoms. The highest BCUT2D eigenvalue weighted by Crippen LogP contribution is 2.27. The van der Waals surface area contributed by atoms with E-state index < -0.39 is 5.97 Å². The second-order valence-corrected chi connectivity index (χ2v) is 6.87. The van der Waals surface area contributed by atoms with Crippen molar-refractivity contribution >= 4 is 22.8 Å². The van der Waals surface area contributed by atoms with E-state index in [1.807, 2.05) is 32.9 Å². The Morgan fingerprint density at radius 2 is 2.00 bits per heavy atom. The van der Waals surface area contributed by atoms with E-state index in [-0.39, 0.29) is 18.0 Å². The highest BCUT2D eigenvalue weighted by atomic mass is 16.4. The van der Waals surface area contributed by atoms with Gasteiger partial charge in [-0.3, -0.25) is 14.9 Å². The third-order valence-corrected chi connectivity index (χ3v) is 4.77. The van der Waals surface area contributed by atoms with Crippen LogP contribution in [0.5, 0.6) is 0 Å². The van der Waals surface area contributed by atoms with Gasteiger partial charge in [0.1, 0.15) is 5.58 Å².